The number of thiophene rings is 1. The van der Waals surface area contributed by atoms with E-state index in [1.54, 1.807) is 24.4 Å². The van der Waals surface area contributed by atoms with E-state index >= 15 is 0 Å². The summed E-state index contributed by atoms with van der Waals surface area (Å²) in [6.07, 6.45) is 5.59. The van der Waals surface area contributed by atoms with Gasteiger partial charge in [-0.2, -0.15) is 0 Å². The molecule has 1 amide bonds. The maximum absolute atomic E-state index is 12.4. The number of nitrogens with one attached hydrogen (secondary N) is 1. The first-order chi connectivity index (χ1) is 11.7. The first-order valence-corrected chi connectivity index (χ1v) is 9.03. The number of nitrogens with zero attached hydrogens (tertiary/aromatic N) is 1. The number of esters is 1. The quantitative estimate of drug-likeness (QED) is 0.842. The van der Waals surface area contributed by atoms with Crippen LogP contribution in [0.2, 0.25) is 0 Å². The Hall–Kier alpha value is -2.21. The van der Waals surface area contributed by atoms with Crippen LogP contribution < -0.4 is 5.32 Å². The molecule has 6 heteroatoms. The van der Waals surface area contributed by atoms with Gasteiger partial charge in [0.1, 0.15) is 10.7 Å². The molecule has 2 heterocycles. The maximum atomic E-state index is 12.4. The molecular weight excluding hydrogens is 324 g/mol. The van der Waals surface area contributed by atoms with Crippen molar-refractivity contribution in [2.75, 3.05) is 5.32 Å². The van der Waals surface area contributed by atoms with Crippen LogP contribution >= 0.6 is 11.3 Å². The standard InChI is InChI=1S/C18H20N2O3S/c1-2-13(17(21)20-16-9-5-6-10-19-16)23-18(22)15-11-12-7-3-4-8-14(12)24-15/h5-6,9-11,13H,2-4,7-8H2,1H3,(H,19,20,21). The summed E-state index contributed by atoms with van der Waals surface area (Å²) in [6.45, 7) is 1.81. The number of carbonyl (C=O) groups is 2. The molecule has 0 fully saturated rings. The molecule has 1 aliphatic rings. The van der Waals surface area contributed by atoms with Gasteiger partial charge >= 0.3 is 5.97 Å². The van der Waals surface area contributed by atoms with Crippen molar-refractivity contribution in [2.45, 2.75) is 45.1 Å². The summed E-state index contributed by atoms with van der Waals surface area (Å²) in [5.74, 6) is -0.327. The number of hydrogen-bond acceptors (Lipinski definition) is 5. The van der Waals surface area contributed by atoms with Crippen LogP contribution in [0, 0.1) is 0 Å². The fourth-order valence-corrected chi connectivity index (χ4v) is 3.88. The van der Waals surface area contributed by atoms with Crippen molar-refractivity contribution >= 4 is 29.0 Å². The molecule has 0 radical (unpaired) electrons. The van der Waals surface area contributed by atoms with E-state index in [0.717, 1.165) is 12.8 Å². The summed E-state index contributed by atoms with van der Waals surface area (Å²) in [5.41, 5.74) is 1.25. The highest BCUT2D eigenvalue weighted by molar-refractivity contribution is 7.14. The molecule has 1 atom stereocenters. The van der Waals surface area contributed by atoms with E-state index in [2.05, 4.69) is 10.3 Å². The van der Waals surface area contributed by atoms with Crippen LogP contribution in [0.1, 0.15) is 46.3 Å². The van der Waals surface area contributed by atoms with Gasteiger partial charge in [-0.25, -0.2) is 9.78 Å². The molecular formula is C18H20N2O3S. The normalized spacial score (nSPS) is 14.5. The van der Waals surface area contributed by atoms with Crippen molar-refractivity contribution in [2.24, 2.45) is 0 Å². The Kier molecular flexibility index (Phi) is 5.25. The summed E-state index contributed by atoms with van der Waals surface area (Å²) in [5, 5.41) is 2.67. The highest BCUT2D eigenvalue weighted by atomic mass is 32.1. The fraction of sp³-hybridized carbons (Fsp3) is 0.389. The number of pyridine rings is 1. The second kappa shape index (κ2) is 7.57. The van der Waals surface area contributed by atoms with E-state index in [1.807, 2.05) is 13.0 Å². The predicted octanol–water partition coefficient (Wildman–Crippen LogP) is 3.60. The van der Waals surface area contributed by atoms with Crippen LogP contribution in [-0.4, -0.2) is 23.0 Å². The molecule has 5 nitrogen and oxygen atoms in total. The first-order valence-electron chi connectivity index (χ1n) is 8.22. The SMILES string of the molecule is CCC(OC(=O)c1cc2c(s1)CCCC2)C(=O)Nc1ccccn1. The van der Waals surface area contributed by atoms with Gasteiger partial charge in [-0.15, -0.1) is 11.3 Å². The smallest absolute Gasteiger partial charge is 0.349 e. The first kappa shape index (κ1) is 16.6. The van der Waals surface area contributed by atoms with Crippen molar-refractivity contribution < 1.29 is 14.3 Å². The Morgan fingerprint density at radius 2 is 2.17 bits per heavy atom. The summed E-state index contributed by atoms with van der Waals surface area (Å²) in [4.78, 5) is 30.6. The molecule has 3 rings (SSSR count). The van der Waals surface area contributed by atoms with E-state index in [1.165, 1.54) is 34.6 Å². The van der Waals surface area contributed by atoms with Crippen LogP contribution in [0.25, 0.3) is 0 Å². The Morgan fingerprint density at radius 3 is 2.88 bits per heavy atom. The average Bonchev–Trinajstić information content (AvgIpc) is 3.04. The highest BCUT2D eigenvalue weighted by Crippen LogP contribution is 2.30. The lowest BCUT2D eigenvalue weighted by Gasteiger charge is -2.15. The minimum absolute atomic E-state index is 0.356. The second-order valence-corrected chi connectivity index (χ2v) is 6.91. The number of amides is 1. The third kappa shape index (κ3) is 3.82. The number of carbonyl (C=O) groups excluding carboxylic acids is 2. The van der Waals surface area contributed by atoms with Crippen molar-refractivity contribution in [1.29, 1.82) is 0 Å². The number of aromatic nitrogens is 1. The van der Waals surface area contributed by atoms with Gasteiger partial charge < -0.3 is 10.1 Å². The van der Waals surface area contributed by atoms with E-state index < -0.39 is 12.1 Å². The third-order valence-electron chi connectivity index (χ3n) is 4.03. The van der Waals surface area contributed by atoms with Crippen molar-refractivity contribution in [3.63, 3.8) is 0 Å². The molecule has 1 N–H and O–H groups in total. The van der Waals surface area contributed by atoms with Crippen LogP contribution in [0.15, 0.2) is 30.5 Å². The second-order valence-electron chi connectivity index (χ2n) is 5.77. The van der Waals surface area contributed by atoms with Crippen LogP contribution in [0.3, 0.4) is 0 Å². The van der Waals surface area contributed by atoms with Gasteiger partial charge in [0, 0.05) is 11.1 Å². The number of rotatable bonds is 5. The molecule has 0 bridgehead atoms. The van der Waals surface area contributed by atoms with E-state index in [0.29, 0.717) is 17.1 Å². The Balaban J connectivity index is 1.65. The number of anilines is 1. The van der Waals surface area contributed by atoms with Crippen LogP contribution in [0.5, 0.6) is 0 Å². The number of ether oxygens (including phenoxy) is 1. The fourth-order valence-electron chi connectivity index (χ4n) is 2.74. The lowest BCUT2D eigenvalue weighted by Crippen LogP contribution is -2.32. The van der Waals surface area contributed by atoms with Gasteiger partial charge in [0.15, 0.2) is 6.10 Å². The molecule has 0 aromatic carbocycles. The zero-order valence-electron chi connectivity index (χ0n) is 13.6. The van der Waals surface area contributed by atoms with Gasteiger partial charge in [0.2, 0.25) is 0 Å². The molecule has 24 heavy (non-hydrogen) atoms. The molecule has 0 aliphatic heterocycles. The largest absolute Gasteiger partial charge is 0.448 e. The Bertz CT molecular complexity index is 704. The summed E-state index contributed by atoms with van der Waals surface area (Å²) < 4.78 is 5.43. The number of aryl methyl sites for hydroxylation is 2. The predicted molar refractivity (Wildman–Crippen MR) is 93.3 cm³/mol. The Labute approximate surface area is 145 Å². The zero-order chi connectivity index (χ0) is 16.9. The van der Waals surface area contributed by atoms with E-state index in [4.69, 9.17) is 4.74 Å². The van der Waals surface area contributed by atoms with Crippen molar-refractivity contribution in [3.8, 4) is 0 Å². The highest BCUT2D eigenvalue weighted by Gasteiger charge is 2.24. The van der Waals surface area contributed by atoms with Crippen molar-refractivity contribution in [3.05, 3.63) is 45.8 Å². The molecule has 0 spiro atoms. The topological polar surface area (TPSA) is 68.3 Å². The average molecular weight is 344 g/mol. The van der Waals surface area contributed by atoms with Gasteiger partial charge in [-0.3, -0.25) is 4.79 Å². The molecule has 1 aliphatic carbocycles. The summed E-state index contributed by atoms with van der Waals surface area (Å²) in [7, 11) is 0. The lowest BCUT2D eigenvalue weighted by molar-refractivity contribution is -0.124. The van der Waals surface area contributed by atoms with E-state index in [9.17, 15) is 9.59 Å². The summed E-state index contributed by atoms with van der Waals surface area (Å²) in [6, 6.07) is 7.17. The third-order valence-corrected chi connectivity index (χ3v) is 5.24. The lowest BCUT2D eigenvalue weighted by atomic mass is 9.99. The van der Waals surface area contributed by atoms with Crippen LogP contribution in [0.4, 0.5) is 5.82 Å². The Morgan fingerprint density at radius 1 is 1.33 bits per heavy atom. The van der Waals surface area contributed by atoms with E-state index in [-0.39, 0.29) is 5.91 Å². The number of hydrogen-bond donors (Lipinski definition) is 1. The van der Waals surface area contributed by atoms with Crippen molar-refractivity contribution in [1.82, 2.24) is 4.98 Å². The molecule has 2 aromatic rings. The van der Waals surface area contributed by atoms with Gasteiger partial charge in [0.25, 0.3) is 5.91 Å². The monoisotopic (exact) mass is 344 g/mol. The molecule has 1 unspecified atom stereocenters. The van der Waals surface area contributed by atoms with Crippen LogP contribution in [-0.2, 0) is 22.4 Å². The number of fused-ring (bicyclic) bond motifs is 1. The minimum Gasteiger partial charge on any atom is -0.448 e. The minimum atomic E-state index is -0.821. The van der Waals surface area contributed by atoms with Gasteiger partial charge in [0.05, 0.1) is 0 Å². The molecule has 0 saturated heterocycles. The molecule has 0 saturated carbocycles. The van der Waals surface area contributed by atoms with Gasteiger partial charge in [-0.1, -0.05) is 13.0 Å². The molecule has 2 aromatic heterocycles. The summed E-state index contributed by atoms with van der Waals surface area (Å²) >= 11 is 1.49. The van der Waals surface area contributed by atoms with Gasteiger partial charge in [-0.05, 0) is 55.9 Å². The maximum Gasteiger partial charge on any atom is 0.349 e. The zero-order valence-corrected chi connectivity index (χ0v) is 14.4. The molecule has 126 valence electrons.